The topological polar surface area (TPSA) is 230 Å². The number of rotatable bonds is 10. The predicted molar refractivity (Wildman–Crippen MR) is 102 cm³/mol. The molecule has 1 rings (SSSR count). The molecule has 0 radical (unpaired) electrons. The van der Waals surface area contributed by atoms with E-state index in [0.29, 0.717) is 25.8 Å². The molecule has 1 aromatic carbocycles. The number of urea groups is 1. The van der Waals surface area contributed by atoms with E-state index in [4.69, 9.17) is 32.8 Å². The predicted octanol–water partition coefficient (Wildman–Crippen LogP) is -1.48. The van der Waals surface area contributed by atoms with E-state index in [1.807, 2.05) is 30.3 Å². The molecule has 12 N–H and O–H groups in total. The molecule has 0 aliphatic carbocycles. The lowest BCUT2D eigenvalue weighted by atomic mass is 10.1. The standard InChI is InChI=1S/C10H14N4O2.C6H13N3O3/c11-10(12)14-13-8(9(15)16)6-7-4-2-1-3-5-7;7-4(5(10)11)2-1-3-9-6(8)12/h1-5,8,13H,6H2,(H,15,16)(H4,11,12,14);4H,1-3,7H2,(H,10,11)(H3,8,9,12)/t8-;4-/m00/s1. The Labute approximate surface area is 161 Å². The Bertz CT molecular complexity index is 642. The monoisotopic (exact) mass is 397 g/mol. The maximum atomic E-state index is 10.9. The summed E-state index contributed by atoms with van der Waals surface area (Å²) in [6.45, 7) is 0.357. The first kappa shape index (κ1) is 24.6. The van der Waals surface area contributed by atoms with Crippen LogP contribution >= 0.6 is 0 Å². The summed E-state index contributed by atoms with van der Waals surface area (Å²) in [6, 6.07) is 6.92. The second-order valence-corrected chi connectivity index (χ2v) is 5.64. The molecule has 0 heterocycles. The van der Waals surface area contributed by atoms with Crippen LogP contribution in [0.15, 0.2) is 30.3 Å². The van der Waals surface area contributed by atoms with Gasteiger partial charge in [0.05, 0.1) is 0 Å². The molecule has 12 heteroatoms. The Morgan fingerprint density at radius 1 is 1.07 bits per heavy atom. The molecule has 0 fully saturated rings. The highest BCUT2D eigenvalue weighted by atomic mass is 16.4. The van der Waals surface area contributed by atoms with E-state index in [1.54, 1.807) is 0 Å². The average Bonchev–Trinajstić information content (AvgIpc) is 2.62. The molecule has 12 nitrogen and oxygen atoms in total. The highest BCUT2D eigenvalue weighted by Gasteiger charge is 2.17. The lowest BCUT2D eigenvalue weighted by Crippen LogP contribution is -2.51. The van der Waals surface area contributed by atoms with Gasteiger partial charge in [-0.05, 0) is 18.4 Å². The molecular formula is C16H27N7O5. The molecule has 0 spiro atoms. The van der Waals surface area contributed by atoms with Gasteiger partial charge in [0.25, 0.3) is 0 Å². The number of carbonyl (C=O) groups is 3. The lowest BCUT2D eigenvalue weighted by Gasteiger charge is -2.14. The Balaban J connectivity index is 0.000000546. The fourth-order valence-corrected chi connectivity index (χ4v) is 1.87. The zero-order chi connectivity index (χ0) is 21.5. The maximum Gasteiger partial charge on any atom is 0.322 e. The molecule has 2 atom stereocenters. The normalized spacial score (nSPS) is 11.9. The van der Waals surface area contributed by atoms with Gasteiger partial charge in [-0.25, -0.2) is 10.2 Å². The van der Waals surface area contributed by atoms with E-state index in [2.05, 4.69) is 16.2 Å². The number of nitrogens with one attached hydrogen (secondary N) is 4. The van der Waals surface area contributed by atoms with E-state index >= 15 is 0 Å². The minimum absolute atomic E-state index is 0.316. The molecular weight excluding hydrogens is 370 g/mol. The van der Waals surface area contributed by atoms with Crippen LogP contribution in [0.2, 0.25) is 0 Å². The minimum Gasteiger partial charge on any atom is -0.480 e. The first-order chi connectivity index (χ1) is 13.1. The molecule has 0 aliphatic rings. The number of hydrazine groups is 1. The van der Waals surface area contributed by atoms with Crippen LogP contribution in [0.25, 0.3) is 0 Å². The van der Waals surface area contributed by atoms with Crippen LogP contribution in [0.3, 0.4) is 0 Å². The van der Waals surface area contributed by atoms with E-state index < -0.39 is 30.1 Å². The van der Waals surface area contributed by atoms with E-state index in [9.17, 15) is 14.4 Å². The first-order valence-electron chi connectivity index (χ1n) is 8.27. The number of carboxylic acid groups (broad SMARTS) is 2. The summed E-state index contributed by atoms with van der Waals surface area (Å²) < 4.78 is 0. The highest BCUT2D eigenvalue weighted by molar-refractivity contribution is 5.76. The van der Waals surface area contributed by atoms with Crippen molar-refractivity contribution < 1.29 is 24.6 Å². The molecule has 0 aliphatic heterocycles. The molecule has 0 saturated heterocycles. The number of amides is 2. The largest absolute Gasteiger partial charge is 0.480 e. The van der Waals surface area contributed by atoms with Crippen molar-refractivity contribution in [3.8, 4) is 0 Å². The molecule has 2 amide bonds. The van der Waals surface area contributed by atoms with Crippen LogP contribution in [-0.2, 0) is 16.0 Å². The van der Waals surface area contributed by atoms with Crippen LogP contribution < -0.4 is 33.4 Å². The number of carbonyl (C=O) groups excluding carboxylic acids is 1. The van der Waals surface area contributed by atoms with Crippen molar-refractivity contribution in [2.45, 2.75) is 31.3 Å². The number of aliphatic carboxylic acids is 2. The van der Waals surface area contributed by atoms with Gasteiger partial charge in [-0.3, -0.25) is 20.4 Å². The van der Waals surface area contributed by atoms with Crippen molar-refractivity contribution in [3.05, 3.63) is 35.9 Å². The second kappa shape index (κ2) is 13.8. The van der Waals surface area contributed by atoms with Gasteiger partial charge in [0.15, 0.2) is 5.96 Å². The Morgan fingerprint density at radius 3 is 2.14 bits per heavy atom. The third-order valence-corrected chi connectivity index (χ3v) is 3.27. The smallest absolute Gasteiger partial charge is 0.322 e. The SMILES string of the molecule is N=C(N)NN[C@@H](Cc1ccccc1)C(=O)O.NC(=O)NCCC[C@H](N)C(=O)O. The van der Waals surface area contributed by atoms with Crippen molar-refractivity contribution in [2.24, 2.45) is 17.2 Å². The summed E-state index contributed by atoms with van der Waals surface area (Å²) in [4.78, 5) is 31.2. The summed E-state index contributed by atoms with van der Waals surface area (Å²) in [5.41, 5.74) is 20.7. The summed E-state index contributed by atoms with van der Waals surface area (Å²) in [5, 5.41) is 26.5. The highest BCUT2D eigenvalue weighted by Crippen LogP contribution is 2.02. The summed E-state index contributed by atoms with van der Waals surface area (Å²) in [6.07, 6.45) is 1.16. The van der Waals surface area contributed by atoms with Crippen molar-refractivity contribution in [1.29, 1.82) is 5.41 Å². The van der Waals surface area contributed by atoms with Gasteiger partial charge >= 0.3 is 18.0 Å². The van der Waals surface area contributed by atoms with Crippen LogP contribution in [-0.4, -0.2) is 52.8 Å². The fourth-order valence-electron chi connectivity index (χ4n) is 1.87. The number of benzene rings is 1. The quantitative estimate of drug-likeness (QED) is 0.0967. The zero-order valence-corrected chi connectivity index (χ0v) is 15.2. The number of hydrogen-bond acceptors (Lipinski definition) is 6. The van der Waals surface area contributed by atoms with Crippen LogP contribution in [0.1, 0.15) is 18.4 Å². The van der Waals surface area contributed by atoms with Crippen molar-refractivity contribution >= 4 is 23.9 Å². The number of nitrogens with two attached hydrogens (primary N) is 3. The summed E-state index contributed by atoms with van der Waals surface area (Å²) >= 11 is 0. The van der Waals surface area contributed by atoms with Crippen LogP contribution in [0.5, 0.6) is 0 Å². The molecule has 0 aromatic heterocycles. The van der Waals surface area contributed by atoms with Crippen molar-refractivity contribution in [3.63, 3.8) is 0 Å². The Hall–Kier alpha value is -3.38. The molecule has 0 bridgehead atoms. The maximum absolute atomic E-state index is 10.9. The van der Waals surface area contributed by atoms with E-state index in [-0.39, 0.29) is 5.96 Å². The van der Waals surface area contributed by atoms with E-state index in [1.165, 1.54) is 0 Å². The summed E-state index contributed by atoms with van der Waals surface area (Å²) in [5.74, 6) is -2.36. The average molecular weight is 397 g/mol. The Morgan fingerprint density at radius 2 is 1.68 bits per heavy atom. The van der Waals surface area contributed by atoms with Gasteiger partial charge in [0.2, 0.25) is 0 Å². The lowest BCUT2D eigenvalue weighted by molar-refractivity contribution is -0.140. The van der Waals surface area contributed by atoms with E-state index in [0.717, 1.165) is 5.56 Å². The van der Waals surface area contributed by atoms with Crippen molar-refractivity contribution in [1.82, 2.24) is 16.2 Å². The van der Waals surface area contributed by atoms with Crippen molar-refractivity contribution in [2.75, 3.05) is 6.54 Å². The number of carboxylic acids is 2. The second-order valence-electron chi connectivity index (χ2n) is 5.64. The molecule has 0 unspecified atom stereocenters. The van der Waals surface area contributed by atoms with Crippen LogP contribution in [0, 0.1) is 5.41 Å². The van der Waals surface area contributed by atoms with Gasteiger partial charge < -0.3 is 32.7 Å². The summed E-state index contributed by atoms with van der Waals surface area (Å²) in [7, 11) is 0. The van der Waals surface area contributed by atoms with Crippen LogP contribution in [0.4, 0.5) is 4.79 Å². The van der Waals surface area contributed by atoms with Gasteiger partial charge in [-0.1, -0.05) is 30.3 Å². The number of primary amides is 1. The third-order valence-electron chi connectivity index (χ3n) is 3.27. The zero-order valence-electron chi connectivity index (χ0n) is 15.2. The molecule has 156 valence electrons. The fraction of sp³-hybridized carbons (Fsp3) is 0.375. The molecule has 1 aromatic rings. The minimum atomic E-state index is -1.03. The Kier molecular flexibility index (Phi) is 12.1. The number of hydrogen-bond donors (Lipinski definition) is 9. The molecule has 0 saturated carbocycles. The van der Waals surface area contributed by atoms with Gasteiger partial charge in [0.1, 0.15) is 12.1 Å². The van der Waals surface area contributed by atoms with Gasteiger partial charge in [0, 0.05) is 13.0 Å². The van der Waals surface area contributed by atoms with Gasteiger partial charge in [-0.15, -0.1) is 0 Å². The molecule has 28 heavy (non-hydrogen) atoms. The number of guanidine groups is 1. The van der Waals surface area contributed by atoms with Gasteiger partial charge in [-0.2, -0.15) is 0 Å². The first-order valence-corrected chi connectivity index (χ1v) is 8.27. The third kappa shape index (κ3) is 12.9.